The molecule has 3 heterocycles. The largest absolute Gasteiger partial charge is 0.367 e. The number of H-pyrrole nitrogens is 3. The smallest absolute Gasteiger partial charge is 0.323 e. The van der Waals surface area contributed by atoms with Gasteiger partial charge in [0.2, 0.25) is 0 Å². The van der Waals surface area contributed by atoms with Gasteiger partial charge in [0, 0.05) is 43.1 Å². The Labute approximate surface area is 214 Å². The minimum Gasteiger partial charge on any atom is -0.367 e. The maximum Gasteiger partial charge on any atom is 0.323 e. The lowest BCUT2D eigenvalue weighted by molar-refractivity contribution is 0.313. The van der Waals surface area contributed by atoms with Crippen LogP contribution in [-0.4, -0.2) is 64.1 Å². The third kappa shape index (κ3) is 4.52. The van der Waals surface area contributed by atoms with E-state index >= 15 is 0 Å². The molecule has 0 amide bonds. The second-order valence-electron chi connectivity index (χ2n) is 8.52. The summed E-state index contributed by atoms with van der Waals surface area (Å²) in [6.45, 7) is 5.24. The maximum absolute atomic E-state index is 13.3. The number of piperazine rings is 1. The fourth-order valence-corrected chi connectivity index (χ4v) is 5.20. The summed E-state index contributed by atoms with van der Waals surface area (Å²) in [4.78, 5) is 39.9. The van der Waals surface area contributed by atoms with Gasteiger partial charge in [0.15, 0.2) is 0 Å². The summed E-state index contributed by atoms with van der Waals surface area (Å²) in [5, 5.41) is 3.87. The van der Waals surface area contributed by atoms with E-state index < -0.39 is 0 Å². The molecule has 0 radical (unpaired) electrons. The summed E-state index contributed by atoms with van der Waals surface area (Å²) < 4.78 is 1.28. The van der Waals surface area contributed by atoms with Gasteiger partial charge in [0.05, 0.1) is 38.0 Å². The van der Waals surface area contributed by atoms with Crippen LogP contribution in [0.5, 0.6) is 0 Å². The molecule has 0 bridgehead atoms. The van der Waals surface area contributed by atoms with Gasteiger partial charge in [0.1, 0.15) is 5.69 Å². The Bertz CT molecular complexity index is 1550. The van der Waals surface area contributed by atoms with Crippen molar-refractivity contribution in [1.82, 2.24) is 24.6 Å². The van der Waals surface area contributed by atoms with Crippen LogP contribution in [0.25, 0.3) is 16.7 Å². The van der Waals surface area contributed by atoms with Gasteiger partial charge in [-0.25, -0.2) is 9.48 Å². The first-order chi connectivity index (χ1) is 16.7. The number of benzene rings is 2. The number of nitrogens with one attached hydrogen (secondary N) is 3. The highest BCUT2D eigenvalue weighted by Crippen LogP contribution is 2.33. The van der Waals surface area contributed by atoms with E-state index in [1.54, 1.807) is 6.92 Å². The van der Waals surface area contributed by atoms with Crippen molar-refractivity contribution in [1.29, 1.82) is 0 Å². The summed E-state index contributed by atoms with van der Waals surface area (Å²) >= 11 is 18.7. The number of hydrogen-bond acceptors (Lipinski definition) is 5. The van der Waals surface area contributed by atoms with Crippen LogP contribution < -0.4 is 16.1 Å². The molecule has 0 atom stereocenters. The van der Waals surface area contributed by atoms with E-state index in [1.165, 1.54) is 23.0 Å². The zero-order chi connectivity index (χ0) is 24.9. The minimum atomic E-state index is -0.352. The van der Waals surface area contributed by atoms with Crippen molar-refractivity contribution in [2.75, 3.05) is 38.1 Å². The van der Waals surface area contributed by atoms with Gasteiger partial charge >= 0.3 is 5.69 Å². The number of aromatic amines is 3. The Morgan fingerprint density at radius 2 is 1.57 bits per heavy atom. The van der Waals surface area contributed by atoms with Crippen LogP contribution in [-0.2, 0) is 0 Å². The van der Waals surface area contributed by atoms with E-state index in [0.29, 0.717) is 38.7 Å². The molecule has 0 spiro atoms. The zero-order valence-electron chi connectivity index (χ0n) is 19.0. The minimum absolute atomic E-state index is 0.244. The number of imidazole rings is 1. The zero-order valence-corrected chi connectivity index (χ0v) is 21.2. The van der Waals surface area contributed by atoms with Crippen molar-refractivity contribution < 1.29 is 0 Å². The molecule has 4 aromatic rings. The van der Waals surface area contributed by atoms with E-state index in [4.69, 9.17) is 34.8 Å². The SMILES string of the molecule is Cc1[nH]n(-c2c(Cl)cc(Cl)cc2Cl)c(=O)c1C=Nc1cc2[nH]c(=O)[nH]c2cc1N1CCN(C)CC1. The van der Waals surface area contributed by atoms with Crippen molar-refractivity contribution in [2.24, 2.45) is 4.99 Å². The van der Waals surface area contributed by atoms with Crippen LogP contribution in [0.3, 0.4) is 0 Å². The van der Waals surface area contributed by atoms with Crippen molar-refractivity contribution in [2.45, 2.75) is 6.92 Å². The lowest BCUT2D eigenvalue weighted by Gasteiger charge is -2.34. The summed E-state index contributed by atoms with van der Waals surface area (Å²) in [7, 11) is 2.09. The molecule has 0 unspecified atom stereocenters. The van der Waals surface area contributed by atoms with Gasteiger partial charge in [-0.3, -0.25) is 14.9 Å². The molecule has 35 heavy (non-hydrogen) atoms. The third-order valence-electron chi connectivity index (χ3n) is 6.11. The van der Waals surface area contributed by atoms with Crippen LogP contribution in [0.4, 0.5) is 11.4 Å². The summed E-state index contributed by atoms with van der Waals surface area (Å²) in [6, 6.07) is 6.78. The molecule has 3 N–H and O–H groups in total. The molecular formula is C23H22Cl3N7O2. The molecular weight excluding hydrogens is 513 g/mol. The molecule has 0 saturated carbocycles. The van der Waals surface area contributed by atoms with E-state index in [-0.39, 0.29) is 21.3 Å². The maximum atomic E-state index is 13.3. The first kappa shape index (κ1) is 23.7. The van der Waals surface area contributed by atoms with E-state index in [1.807, 2.05) is 12.1 Å². The average Bonchev–Trinajstić information content (AvgIpc) is 3.29. The lowest BCUT2D eigenvalue weighted by Crippen LogP contribution is -2.44. The van der Waals surface area contributed by atoms with Crippen LogP contribution in [0, 0.1) is 6.92 Å². The molecule has 1 aliphatic heterocycles. The monoisotopic (exact) mass is 533 g/mol. The van der Waals surface area contributed by atoms with Gasteiger partial charge in [-0.15, -0.1) is 0 Å². The predicted octanol–water partition coefficient (Wildman–Crippen LogP) is 4.11. The first-order valence-electron chi connectivity index (χ1n) is 10.9. The Kier molecular flexibility index (Phi) is 6.27. The standard InChI is InChI=1S/C23H22Cl3N7O2/c1-12-14(22(34)33(30-12)21-15(25)7-13(24)8-16(21)26)11-27-19-9-17-18(29-23(35)28-17)10-20(19)32-5-3-31(2)4-6-32/h7-11,30H,3-6H2,1-2H3,(H2,28,29,35). The van der Waals surface area contributed by atoms with Gasteiger partial charge < -0.3 is 19.8 Å². The van der Waals surface area contributed by atoms with Crippen LogP contribution in [0.15, 0.2) is 38.8 Å². The predicted molar refractivity (Wildman–Crippen MR) is 142 cm³/mol. The fourth-order valence-electron chi connectivity index (χ4n) is 4.21. The number of nitrogens with zero attached hydrogens (tertiary/aromatic N) is 4. The van der Waals surface area contributed by atoms with Gasteiger partial charge in [0.25, 0.3) is 5.56 Å². The van der Waals surface area contributed by atoms with Crippen molar-refractivity contribution in [3.8, 4) is 5.69 Å². The fraction of sp³-hybridized carbons (Fsp3) is 0.261. The van der Waals surface area contributed by atoms with Gasteiger partial charge in [-0.2, -0.15) is 0 Å². The molecule has 182 valence electrons. The number of aromatic nitrogens is 4. The van der Waals surface area contributed by atoms with Crippen molar-refractivity contribution in [3.63, 3.8) is 0 Å². The van der Waals surface area contributed by atoms with Crippen LogP contribution in [0.1, 0.15) is 11.3 Å². The average molecular weight is 535 g/mol. The molecule has 5 rings (SSSR count). The van der Waals surface area contributed by atoms with E-state index in [2.05, 4.69) is 36.9 Å². The summed E-state index contributed by atoms with van der Waals surface area (Å²) in [5.74, 6) is 0. The van der Waals surface area contributed by atoms with Gasteiger partial charge in [-0.1, -0.05) is 34.8 Å². The van der Waals surface area contributed by atoms with Crippen LogP contribution >= 0.6 is 34.8 Å². The number of aliphatic imine (C=N–C) groups is 1. The topological polar surface area (TPSA) is 105 Å². The number of anilines is 1. The number of halogens is 3. The number of fused-ring (bicyclic) bond motifs is 1. The highest BCUT2D eigenvalue weighted by Gasteiger charge is 2.20. The van der Waals surface area contributed by atoms with E-state index in [0.717, 1.165) is 31.9 Å². The molecule has 0 aliphatic carbocycles. The second kappa shape index (κ2) is 9.23. The van der Waals surface area contributed by atoms with Gasteiger partial charge in [-0.05, 0) is 38.2 Å². The number of hydrogen-bond donors (Lipinski definition) is 3. The molecule has 12 heteroatoms. The quantitative estimate of drug-likeness (QED) is 0.343. The Morgan fingerprint density at radius 1 is 0.943 bits per heavy atom. The second-order valence-corrected chi connectivity index (χ2v) is 9.77. The molecule has 1 fully saturated rings. The summed E-state index contributed by atoms with van der Waals surface area (Å²) in [5.41, 5.74) is 3.51. The van der Waals surface area contributed by atoms with Crippen molar-refractivity contribution >= 4 is 63.4 Å². The molecule has 1 aliphatic rings. The third-order valence-corrected chi connectivity index (χ3v) is 6.90. The van der Waals surface area contributed by atoms with Crippen LogP contribution in [0.2, 0.25) is 15.1 Å². The Hall–Kier alpha value is -2.98. The Balaban J connectivity index is 1.58. The van der Waals surface area contributed by atoms with Crippen molar-refractivity contribution in [3.05, 3.63) is 71.4 Å². The first-order valence-corrected chi connectivity index (χ1v) is 12.0. The molecule has 2 aromatic heterocycles. The number of likely N-dealkylation sites (N-methyl/N-ethyl adjacent to an activating group) is 1. The normalized spacial score (nSPS) is 15.1. The number of rotatable bonds is 4. The molecule has 9 nitrogen and oxygen atoms in total. The van der Waals surface area contributed by atoms with E-state index in [9.17, 15) is 9.59 Å². The highest BCUT2D eigenvalue weighted by atomic mass is 35.5. The Morgan fingerprint density at radius 3 is 2.23 bits per heavy atom. The summed E-state index contributed by atoms with van der Waals surface area (Å²) in [6.07, 6.45) is 1.52. The number of aryl methyl sites for hydroxylation is 1. The molecule has 2 aromatic carbocycles. The lowest BCUT2D eigenvalue weighted by atomic mass is 10.2. The highest BCUT2D eigenvalue weighted by molar-refractivity contribution is 6.40. The molecule has 1 saturated heterocycles.